The summed E-state index contributed by atoms with van der Waals surface area (Å²) in [5.41, 5.74) is 2.01. The fraction of sp³-hybridized carbons (Fsp3) is 0.0526. The molecule has 5 rings (SSSR count). The van der Waals surface area contributed by atoms with Gasteiger partial charge in [0.15, 0.2) is 0 Å². The van der Waals surface area contributed by atoms with Crippen molar-refractivity contribution in [3.8, 4) is 11.5 Å². The molecule has 11 heteroatoms. The van der Waals surface area contributed by atoms with E-state index in [4.69, 9.17) is 4.74 Å². The highest BCUT2D eigenvalue weighted by Crippen LogP contribution is 2.37. The Kier molecular flexibility index (Phi) is 11.1. The zero-order valence-electron chi connectivity index (χ0n) is 26.1. The minimum atomic E-state index is -1.32. The molecule has 49 heavy (non-hydrogen) atoms. The number of ether oxygens (including phenoxy) is 1. The first-order valence-corrected chi connectivity index (χ1v) is 15.8. The number of nitrogens with one attached hydrogen (secondary N) is 3. The number of methoxy groups -OCH3 is 1. The van der Waals surface area contributed by atoms with Crippen molar-refractivity contribution < 1.29 is 34.1 Å². The minimum absolute atomic E-state index is 0.00194. The Morgan fingerprint density at radius 1 is 0.755 bits per heavy atom. The SMILES string of the molecule is COc1ccccc1/C=C(\NC(=O)c1ccccc1)C(=O)Nc1ccc(SC(C(=O)Nc2ccc(O)c(C(=O)O)c2)c2ccccc2)cc1. The van der Waals surface area contributed by atoms with E-state index in [-0.39, 0.29) is 16.9 Å². The number of carbonyl (C=O) groups excluding carboxylic acids is 3. The molecule has 10 nitrogen and oxygen atoms in total. The molecule has 0 aromatic heterocycles. The number of aromatic hydroxyl groups is 1. The van der Waals surface area contributed by atoms with Gasteiger partial charge >= 0.3 is 5.97 Å². The van der Waals surface area contributed by atoms with Crippen LogP contribution in [-0.2, 0) is 9.59 Å². The van der Waals surface area contributed by atoms with Crippen molar-refractivity contribution >= 4 is 52.9 Å². The molecule has 0 aliphatic heterocycles. The Morgan fingerprint density at radius 2 is 1.39 bits per heavy atom. The van der Waals surface area contributed by atoms with Gasteiger partial charge in [0.25, 0.3) is 11.8 Å². The number of hydrogen-bond donors (Lipinski definition) is 5. The summed E-state index contributed by atoms with van der Waals surface area (Å²) in [5.74, 6) is -2.64. The number of para-hydroxylation sites is 1. The van der Waals surface area contributed by atoms with Gasteiger partial charge in [-0.15, -0.1) is 11.8 Å². The number of hydrogen-bond acceptors (Lipinski definition) is 7. The van der Waals surface area contributed by atoms with Crippen molar-refractivity contribution in [3.63, 3.8) is 0 Å². The number of benzene rings is 5. The highest BCUT2D eigenvalue weighted by Gasteiger charge is 2.23. The molecular formula is C38H31N3O7S. The van der Waals surface area contributed by atoms with E-state index in [1.807, 2.05) is 30.3 Å². The summed E-state index contributed by atoms with van der Waals surface area (Å²) in [6.45, 7) is 0. The van der Waals surface area contributed by atoms with Gasteiger partial charge in [-0.3, -0.25) is 14.4 Å². The number of rotatable bonds is 12. The summed E-state index contributed by atoms with van der Waals surface area (Å²) in [7, 11) is 1.52. The van der Waals surface area contributed by atoms with Crippen LogP contribution in [0.25, 0.3) is 6.08 Å². The zero-order chi connectivity index (χ0) is 34.8. The van der Waals surface area contributed by atoms with Crippen LogP contribution in [0.15, 0.2) is 138 Å². The van der Waals surface area contributed by atoms with Crippen LogP contribution in [0, 0.1) is 0 Å². The number of anilines is 2. The molecular weight excluding hydrogens is 642 g/mol. The van der Waals surface area contributed by atoms with Gasteiger partial charge in [0, 0.05) is 27.4 Å². The summed E-state index contributed by atoms with van der Waals surface area (Å²) in [5, 5.41) is 26.8. The highest BCUT2D eigenvalue weighted by atomic mass is 32.2. The molecule has 0 fully saturated rings. The number of phenols is 1. The van der Waals surface area contributed by atoms with Gasteiger partial charge in [-0.2, -0.15) is 0 Å². The summed E-state index contributed by atoms with van der Waals surface area (Å²) >= 11 is 1.26. The summed E-state index contributed by atoms with van der Waals surface area (Å²) in [6.07, 6.45) is 1.54. The lowest BCUT2D eigenvalue weighted by molar-refractivity contribution is -0.116. The molecule has 0 saturated carbocycles. The number of aromatic carboxylic acids is 1. The van der Waals surface area contributed by atoms with E-state index in [1.54, 1.807) is 78.9 Å². The van der Waals surface area contributed by atoms with Gasteiger partial charge in [0.05, 0.1) is 7.11 Å². The maximum absolute atomic E-state index is 13.5. The van der Waals surface area contributed by atoms with E-state index < -0.39 is 34.7 Å². The summed E-state index contributed by atoms with van der Waals surface area (Å²) in [4.78, 5) is 52.2. The van der Waals surface area contributed by atoms with Crippen molar-refractivity contribution in [3.05, 3.63) is 155 Å². The van der Waals surface area contributed by atoms with Crippen molar-refractivity contribution in [2.24, 2.45) is 0 Å². The molecule has 0 spiro atoms. The first kappa shape index (κ1) is 34.0. The van der Waals surface area contributed by atoms with Crippen molar-refractivity contribution in [2.45, 2.75) is 10.1 Å². The third kappa shape index (κ3) is 8.93. The molecule has 0 radical (unpaired) electrons. The standard InChI is InChI=1S/C38H31N3O7S/c1-48-33-15-9-8-14-26(33)22-31(41-35(43)25-12-6-3-7-13-25)36(44)39-27-16-19-29(20-17-27)49-34(24-10-4-2-5-11-24)37(45)40-28-18-21-32(42)30(23-28)38(46)47/h2-23,34,42H,1H3,(H,39,44)(H,40,45)(H,41,43)(H,46,47)/b31-22-. The van der Waals surface area contributed by atoms with Gasteiger partial charge in [-0.05, 0) is 72.3 Å². The van der Waals surface area contributed by atoms with Crippen LogP contribution in [-0.4, -0.2) is 41.0 Å². The Morgan fingerprint density at radius 3 is 2.06 bits per heavy atom. The predicted molar refractivity (Wildman–Crippen MR) is 189 cm³/mol. The van der Waals surface area contributed by atoms with Crippen LogP contribution < -0.4 is 20.7 Å². The maximum atomic E-state index is 13.5. The van der Waals surface area contributed by atoms with Crippen LogP contribution in [0.5, 0.6) is 11.5 Å². The average molecular weight is 674 g/mol. The smallest absolute Gasteiger partial charge is 0.339 e. The Labute approximate surface area is 286 Å². The van der Waals surface area contributed by atoms with E-state index in [1.165, 1.54) is 43.1 Å². The second kappa shape index (κ2) is 16.0. The van der Waals surface area contributed by atoms with E-state index >= 15 is 0 Å². The fourth-order valence-corrected chi connectivity index (χ4v) is 5.75. The second-order valence-electron chi connectivity index (χ2n) is 10.5. The van der Waals surface area contributed by atoms with Crippen LogP contribution in [0.3, 0.4) is 0 Å². The normalized spacial score (nSPS) is 11.6. The van der Waals surface area contributed by atoms with Gasteiger partial charge in [-0.25, -0.2) is 4.79 Å². The van der Waals surface area contributed by atoms with Gasteiger partial charge in [-0.1, -0.05) is 66.7 Å². The molecule has 5 aromatic rings. The van der Waals surface area contributed by atoms with Gasteiger partial charge in [0.1, 0.15) is 28.0 Å². The summed E-state index contributed by atoms with van der Waals surface area (Å²) < 4.78 is 5.43. The largest absolute Gasteiger partial charge is 0.507 e. The second-order valence-corrected chi connectivity index (χ2v) is 11.7. The molecule has 0 saturated heterocycles. The number of thioether (sulfide) groups is 1. The van der Waals surface area contributed by atoms with Crippen LogP contribution in [0.2, 0.25) is 0 Å². The Bertz CT molecular complexity index is 2000. The van der Waals surface area contributed by atoms with E-state index in [2.05, 4.69) is 16.0 Å². The quantitative estimate of drug-likeness (QED) is 0.0540. The first-order chi connectivity index (χ1) is 23.7. The first-order valence-electron chi connectivity index (χ1n) is 14.9. The van der Waals surface area contributed by atoms with Crippen molar-refractivity contribution in [1.29, 1.82) is 0 Å². The minimum Gasteiger partial charge on any atom is -0.507 e. The lowest BCUT2D eigenvalue weighted by atomic mass is 10.1. The number of amides is 3. The molecule has 0 aliphatic carbocycles. The zero-order valence-corrected chi connectivity index (χ0v) is 26.9. The Hall–Kier alpha value is -6.33. The molecule has 1 unspecified atom stereocenters. The molecule has 5 aromatic carbocycles. The summed E-state index contributed by atoms with van der Waals surface area (Å²) in [6, 6.07) is 35.4. The van der Waals surface area contributed by atoms with Gasteiger partial charge < -0.3 is 30.9 Å². The third-order valence-corrected chi connectivity index (χ3v) is 8.43. The maximum Gasteiger partial charge on any atom is 0.339 e. The van der Waals surface area contributed by atoms with Crippen LogP contribution in [0.4, 0.5) is 11.4 Å². The molecule has 0 bridgehead atoms. The lowest BCUT2D eigenvalue weighted by Gasteiger charge is -2.18. The van der Waals surface area contributed by atoms with E-state index in [9.17, 15) is 29.4 Å². The monoisotopic (exact) mass is 673 g/mol. The highest BCUT2D eigenvalue weighted by molar-refractivity contribution is 8.00. The average Bonchev–Trinajstić information content (AvgIpc) is 3.12. The molecule has 1 atom stereocenters. The van der Waals surface area contributed by atoms with Gasteiger partial charge in [0.2, 0.25) is 5.91 Å². The molecule has 3 amide bonds. The molecule has 0 heterocycles. The van der Waals surface area contributed by atoms with Crippen LogP contribution in [0.1, 0.15) is 37.1 Å². The molecule has 246 valence electrons. The van der Waals surface area contributed by atoms with Crippen LogP contribution >= 0.6 is 11.8 Å². The topological polar surface area (TPSA) is 154 Å². The lowest BCUT2D eigenvalue weighted by Crippen LogP contribution is -2.30. The number of carboxylic acid groups (broad SMARTS) is 1. The third-order valence-electron chi connectivity index (χ3n) is 7.17. The predicted octanol–water partition coefficient (Wildman–Crippen LogP) is 6.98. The van der Waals surface area contributed by atoms with Crippen molar-refractivity contribution in [1.82, 2.24) is 5.32 Å². The van der Waals surface area contributed by atoms with E-state index in [0.29, 0.717) is 33.0 Å². The molecule has 5 N–H and O–H groups in total. The fourth-order valence-electron chi connectivity index (χ4n) is 4.73. The number of carbonyl (C=O) groups is 4. The van der Waals surface area contributed by atoms with E-state index in [0.717, 1.165) is 0 Å². The van der Waals surface area contributed by atoms with Crippen molar-refractivity contribution in [2.75, 3.05) is 17.7 Å². The molecule has 0 aliphatic rings. The Balaban J connectivity index is 1.35. The number of carboxylic acids is 1.